The fourth-order valence-electron chi connectivity index (χ4n) is 3.85. The van der Waals surface area contributed by atoms with Crippen LogP contribution in [0.3, 0.4) is 0 Å². The molecule has 2 rings (SSSR count). The van der Waals surface area contributed by atoms with E-state index in [1.54, 1.807) is 0 Å². The van der Waals surface area contributed by atoms with Crippen molar-refractivity contribution in [3.63, 3.8) is 0 Å². The Kier molecular flexibility index (Phi) is 5.84. The molecule has 2 aliphatic heterocycles. The average Bonchev–Trinajstić information content (AvgIpc) is 2.85. The number of hydrogen-bond acceptors (Lipinski definition) is 4. The highest BCUT2D eigenvalue weighted by molar-refractivity contribution is 4.88. The minimum atomic E-state index is -0.122. The molecule has 0 saturated carbocycles. The molecule has 4 heteroatoms. The van der Waals surface area contributed by atoms with Gasteiger partial charge in [0.2, 0.25) is 0 Å². The van der Waals surface area contributed by atoms with Crippen molar-refractivity contribution in [2.45, 2.75) is 64.1 Å². The molecule has 4 nitrogen and oxygen atoms in total. The Balaban J connectivity index is 1.69. The van der Waals surface area contributed by atoms with E-state index >= 15 is 0 Å². The molecule has 2 fully saturated rings. The van der Waals surface area contributed by atoms with Crippen molar-refractivity contribution < 1.29 is 5.11 Å². The van der Waals surface area contributed by atoms with Gasteiger partial charge in [-0.05, 0) is 45.7 Å². The van der Waals surface area contributed by atoms with E-state index in [0.717, 1.165) is 12.5 Å². The lowest BCUT2D eigenvalue weighted by atomic mass is 9.95. The summed E-state index contributed by atoms with van der Waals surface area (Å²) in [7, 11) is 0. The van der Waals surface area contributed by atoms with E-state index in [2.05, 4.69) is 35.9 Å². The van der Waals surface area contributed by atoms with Crippen molar-refractivity contribution in [1.29, 1.82) is 0 Å². The maximum atomic E-state index is 9.61. The molecule has 0 bridgehead atoms. The molecule has 0 aromatic rings. The zero-order chi connectivity index (χ0) is 14.6. The van der Waals surface area contributed by atoms with Crippen molar-refractivity contribution in [2.75, 3.05) is 39.3 Å². The molecule has 20 heavy (non-hydrogen) atoms. The average molecular weight is 283 g/mol. The van der Waals surface area contributed by atoms with Gasteiger partial charge in [0, 0.05) is 37.3 Å². The van der Waals surface area contributed by atoms with E-state index < -0.39 is 0 Å². The van der Waals surface area contributed by atoms with Crippen molar-refractivity contribution in [1.82, 2.24) is 15.1 Å². The third-order valence-corrected chi connectivity index (χ3v) is 4.86. The van der Waals surface area contributed by atoms with E-state index in [4.69, 9.17) is 0 Å². The number of piperazine rings is 1. The van der Waals surface area contributed by atoms with Crippen molar-refractivity contribution >= 4 is 0 Å². The van der Waals surface area contributed by atoms with Crippen LogP contribution < -0.4 is 5.32 Å². The molecular formula is C16H33N3O. The van der Waals surface area contributed by atoms with Gasteiger partial charge in [0.25, 0.3) is 0 Å². The lowest BCUT2D eigenvalue weighted by molar-refractivity contribution is 0.0962. The zero-order valence-corrected chi connectivity index (χ0v) is 13.6. The summed E-state index contributed by atoms with van der Waals surface area (Å²) in [6.45, 7) is 12.9. The van der Waals surface area contributed by atoms with E-state index in [9.17, 15) is 5.11 Å². The molecule has 2 aliphatic rings. The summed E-state index contributed by atoms with van der Waals surface area (Å²) in [4.78, 5) is 5.29. The maximum Gasteiger partial charge on any atom is 0.0610 e. The number of nitrogens with one attached hydrogen (secondary N) is 1. The highest BCUT2D eigenvalue weighted by atomic mass is 16.3. The topological polar surface area (TPSA) is 38.7 Å². The van der Waals surface area contributed by atoms with Crippen molar-refractivity contribution in [3.8, 4) is 0 Å². The fraction of sp³-hybridized carbons (Fsp3) is 1.00. The van der Waals surface area contributed by atoms with Gasteiger partial charge in [0.15, 0.2) is 0 Å². The van der Waals surface area contributed by atoms with Crippen LogP contribution in [0.5, 0.6) is 0 Å². The zero-order valence-electron chi connectivity index (χ0n) is 13.6. The van der Waals surface area contributed by atoms with Crippen LogP contribution in [0.15, 0.2) is 0 Å². The van der Waals surface area contributed by atoms with Gasteiger partial charge in [-0.3, -0.25) is 4.90 Å². The second-order valence-electron chi connectivity index (χ2n) is 7.25. The molecule has 0 amide bonds. The van der Waals surface area contributed by atoms with Gasteiger partial charge in [0.05, 0.1) is 6.61 Å². The number of rotatable bonds is 7. The van der Waals surface area contributed by atoms with Crippen LogP contribution in [0, 0.1) is 0 Å². The normalized spacial score (nSPS) is 27.8. The number of aliphatic hydroxyl groups excluding tert-OH is 1. The minimum Gasteiger partial charge on any atom is -0.394 e. The molecule has 118 valence electrons. The Morgan fingerprint density at radius 3 is 2.80 bits per heavy atom. The first-order chi connectivity index (χ1) is 9.52. The van der Waals surface area contributed by atoms with Gasteiger partial charge in [-0.25, -0.2) is 0 Å². The van der Waals surface area contributed by atoms with Crippen molar-refractivity contribution in [2.24, 2.45) is 0 Å². The Morgan fingerprint density at radius 1 is 1.30 bits per heavy atom. The number of nitrogens with zero attached hydrogens (tertiary/aromatic N) is 2. The van der Waals surface area contributed by atoms with Gasteiger partial charge in [-0.15, -0.1) is 0 Å². The van der Waals surface area contributed by atoms with Crippen LogP contribution in [-0.2, 0) is 0 Å². The highest BCUT2D eigenvalue weighted by Crippen LogP contribution is 2.22. The monoisotopic (exact) mass is 283 g/mol. The van der Waals surface area contributed by atoms with Crippen LogP contribution in [0.4, 0.5) is 0 Å². The third-order valence-electron chi connectivity index (χ3n) is 4.86. The van der Waals surface area contributed by atoms with E-state index in [1.807, 2.05) is 0 Å². The molecule has 2 heterocycles. The first kappa shape index (κ1) is 16.2. The van der Waals surface area contributed by atoms with Crippen LogP contribution in [0.2, 0.25) is 0 Å². The first-order valence-electron chi connectivity index (χ1n) is 8.37. The van der Waals surface area contributed by atoms with Gasteiger partial charge in [-0.1, -0.05) is 13.8 Å². The Morgan fingerprint density at radius 2 is 2.10 bits per heavy atom. The number of fused-ring (bicyclic) bond motifs is 1. The molecule has 2 N–H and O–H groups in total. The Labute approximate surface area is 124 Å². The fourth-order valence-corrected chi connectivity index (χ4v) is 3.85. The quantitative estimate of drug-likeness (QED) is 0.739. The number of aliphatic hydroxyl groups is 1. The predicted molar refractivity (Wildman–Crippen MR) is 84.0 cm³/mol. The summed E-state index contributed by atoms with van der Waals surface area (Å²) in [6, 6.07) is 1.25. The largest absolute Gasteiger partial charge is 0.394 e. The summed E-state index contributed by atoms with van der Waals surface area (Å²) < 4.78 is 0. The van der Waals surface area contributed by atoms with Crippen LogP contribution in [-0.4, -0.2) is 71.9 Å². The molecule has 2 unspecified atom stereocenters. The SMILES string of the molecule is CC(C)NC(C)(CO)CCCN1CCN2CCCC2C1. The van der Waals surface area contributed by atoms with Gasteiger partial charge >= 0.3 is 0 Å². The molecule has 0 radical (unpaired) electrons. The van der Waals surface area contributed by atoms with Crippen LogP contribution in [0.1, 0.15) is 46.5 Å². The van der Waals surface area contributed by atoms with Gasteiger partial charge < -0.3 is 15.3 Å². The molecule has 0 aromatic carbocycles. The molecule has 2 atom stereocenters. The lowest BCUT2D eigenvalue weighted by Crippen LogP contribution is -2.51. The first-order valence-corrected chi connectivity index (χ1v) is 8.37. The summed E-state index contributed by atoms with van der Waals surface area (Å²) in [5.74, 6) is 0. The molecular weight excluding hydrogens is 250 g/mol. The summed E-state index contributed by atoms with van der Waals surface area (Å²) in [5.41, 5.74) is -0.122. The predicted octanol–water partition coefficient (Wildman–Crippen LogP) is 1.30. The highest BCUT2D eigenvalue weighted by Gasteiger charge is 2.30. The third kappa shape index (κ3) is 4.42. The second-order valence-corrected chi connectivity index (χ2v) is 7.25. The Bertz CT molecular complexity index is 297. The lowest BCUT2D eigenvalue weighted by Gasteiger charge is -2.38. The van der Waals surface area contributed by atoms with Crippen LogP contribution >= 0.6 is 0 Å². The van der Waals surface area contributed by atoms with Gasteiger partial charge in [0.1, 0.15) is 0 Å². The van der Waals surface area contributed by atoms with E-state index in [-0.39, 0.29) is 12.1 Å². The molecule has 0 aliphatic carbocycles. The second kappa shape index (κ2) is 7.21. The molecule has 2 saturated heterocycles. The van der Waals surface area contributed by atoms with Crippen molar-refractivity contribution in [3.05, 3.63) is 0 Å². The number of hydrogen-bond donors (Lipinski definition) is 2. The molecule has 0 aromatic heterocycles. The Hall–Kier alpha value is -0.160. The molecule has 0 spiro atoms. The summed E-state index contributed by atoms with van der Waals surface area (Å²) in [5, 5.41) is 13.1. The summed E-state index contributed by atoms with van der Waals surface area (Å²) >= 11 is 0. The maximum absolute atomic E-state index is 9.61. The van der Waals surface area contributed by atoms with E-state index in [1.165, 1.54) is 52.0 Å². The van der Waals surface area contributed by atoms with E-state index in [0.29, 0.717) is 6.04 Å². The van der Waals surface area contributed by atoms with Crippen LogP contribution in [0.25, 0.3) is 0 Å². The standard InChI is InChI=1S/C16H33N3O/c1-14(2)17-16(3,13-20)7-5-8-18-10-11-19-9-4-6-15(19)12-18/h14-15,17,20H,4-13H2,1-3H3. The summed E-state index contributed by atoms with van der Waals surface area (Å²) in [6.07, 6.45) is 5.00. The van der Waals surface area contributed by atoms with Gasteiger partial charge in [-0.2, -0.15) is 0 Å². The minimum absolute atomic E-state index is 0.122. The smallest absolute Gasteiger partial charge is 0.0610 e.